The SMILES string of the molecule is C=S=[P+]=O. The zero-order valence-corrected chi connectivity index (χ0v) is 3.68. The van der Waals surface area contributed by atoms with Crippen molar-refractivity contribution in [2.45, 2.75) is 0 Å². The summed E-state index contributed by atoms with van der Waals surface area (Å²) in [5.41, 5.74) is 0. The van der Waals surface area contributed by atoms with Crippen LogP contribution in [0.25, 0.3) is 0 Å². The summed E-state index contributed by atoms with van der Waals surface area (Å²) in [5, 5.41) is 0. The Morgan fingerprint density at radius 2 is 2.25 bits per heavy atom. The van der Waals surface area contributed by atoms with Crippen molar-refractivity contribution in [3.05, 3.63) is 0 Å². The quantitative estimate of drug-likeness (QED) is 0.318. The van der Waals surface area contributed by atoms with Crippen LogP contribution in [0.4, 0.5) is 0 Å². The normalized spacial score (nSPS) is 5.00. The van der Waals surface area contributed by atoms with Gasteiger partial charge in [0.05, 0.1) is 0 Å². The molecule has 0 aliphatic heterocycles. The Morgan fingerprint density at radius 3 is 2.25 bits per heavy atom. The van der Waals surface area contributed by atoms with Crippen LogP contribution in [0.1, 0.15) is 0 Å². The molecule has 0 radical (unpaired) electrons. The molecule has 0 N–H and O–H groups in total. The molecule has 22 valence electrons. The molecule has 0 aliphatic carbocycles. The molecule has 3 heteroatoms. The van der Waals surface area contributed by atoms with Gasteiger partial charge in [-0.1, -0.05) is 0 Å². The first-order chi connectivity index (χ1) is 1.91. The molecule has 0 unspecified atom stereocenters. The molecule has 0 saturated heterocycles. The van der Waals surface area contributed by atoms with Gasteiger partial charge < -0.3 is 0 Å². The molecule has 0 heterocycles. The molecule has 4 heavy (non-hydrogen) atoms. The number of hydrogen-bond donors (Lipinski definition) is 0. The van der Waals surface area contributed by atoms with E-state index in [4.69, 9.17) is 0 Å². The van der Waals surface area contributed by atoms with Gasteiger partial charge in [-0.15, -0.1) is 0 Å². The zero-order valence-electron chi connectivity index (χ0n) is 1.97. The van der Waals surface area contributed by atoms with Crippen molar-refractivity contribution in [3.63, 3.8) is 0 Å². The molecule has 0 rings (SSSR count). The van der Waals surface area contributed by atoms with Crippen LogP contribution in [0, 0.1) is 0 Å². The maximum absolute atomic E-state index is 9.17. The van der Waals surface area contributed by atoms with Crippen molar-refractivity contribution in [2.75, 3.05) is 0 Å². The van der Waals surface area contributed by atoms with Crippen LogP contribution in [-0.4, -0.2) is 5.87 Å². The summed E-state index contributed by atoms with van der Waals surface area (Å²) in [4.78, 5) is 0. The van der Waals surface area contributed by atoms with E-state index in [9.17, 15) is 4.57 Å². The van der Waals surface area contributed by atoms with Crippen molar-refractivity contribution in [3.8, 4) is 0 Å². The fourth-order valence-corrected chi connectivity index (χ4v) is 0. The van der Waals surface area contributed by atoms with E-state index in [-0.39, 0.29) is 7.24 Å². The van der Waals surface area contributed by atoms with Gasteiger partial charge in [0.2, 0.25) is 0 Å². The van der Waals surface area contributed by atoms with Gasteiger partial charge in [-0.05, 0) is 0 Å². The molecular formula is CH2OPS+. The van der Waals surface area contributed by atoms with Crippen molar-refractivity contribution >= 4 is 23.6 Å². The Bertz CT molecular complexity index is 58.1. The van der Waals surface area contributed by atoms with Gasteiger partial charge in [-0.2, -0.15) is 0 Å². The molecule has 1 nitrogen and oxygen atoms in total. The van der Waals surface area contributed by atoms with Crippen LogP contribution in [-0.2, 0) is 15.1 Å². The van der Waals surface area contributed by atoms with Gasteiger partial charge in [0.15, 0.2) is 0 Å². The molecule has 0 aromatic carbocycles. The van der Waals surface area contributed by atoms with Gasteiger partial charge in [-0.3, -0.25) is 0 Å². The third-order valence-corrected chi connectivity index (χ3v) is 0.474. The maximum atomic E-state index is 9.17. The fraction of sp³-hybridized carbons (Fsp3) is 0. The van der Waals surface area contributed by atoms with Crippen LogP contribution in [0.3, 0.4) is 0 Å². The van der Waals surface area contributed by atoms with Crippen molar-refractivity contribution < 1.29 is 4.57 Å². The molecule has 0 saturated carbocycles. The van der Waals surface area contributed by atoms with E-state index in [1.54, 1.807) is 0 Å². The summed E-state index contributed by atoms with van der Waals surface area (Å²) >= 11 is 0. The van der Waals surface area contributed by atoms with Gasteiger partial charge in [0, 0.05) is 0 Å². The third kappa shape index (κ3) is 2.32. The van der Waals surface area contributed by atoms with Crippen LogP contribution in [0.5, 0.6) is 0 Å². The third-order valence-electron chi connectivity index (χ3n) is 0.0527. The van der Waals surface area contributed by atoms with E-state index in [2.05, 4.69) is 5.87 Å². The molecule has 0 fully saturated rings. The Hall–Kier alpha value is 0.320. The molecule has 0 bridgehead atoms. The van der Waals surface area contributed by atoms with E-state index < -0.39 is 0 Å². The summed E-state index contributed by atoms with van der Waals surface area (Å²) in [6.07, 6.45) is 0. The Balaban J connectivity index is 3.95. The predicted molar refractivity (Wildman–Crippen MR) is 22.1 cm³/mol. The van der Waals surface area contributed by atoms with E-state index in [1.807, 2.05) is 0 Å². The van der Waals surface area contributed by atoms with E-state index >= 15 is 0 Å². The molecule has 0 amide bonds. The minimum absolute atomic E-state index is 0.0540. The van der Waals surface area contributed by atoms with Gasteiger partial charge in [0.25, 0.3) is 0 Å². The van der Waals surface area contributed by atoms with Gasteiger partial charge in [0.1, 0.15) is 0 Å². The zero-order chi connectivity index (χ0) is 3.41. The second-order valence-corrected chi connectivity index (χ2v) is 1.83. The number of hydrogen-bond acceptors (Lipinski definition) is 1. The summed E-state index contributed by atoms with van der Waals surface area (Å²) in [5.74, 6) is 3.20. The average molecular weight is 93.1 g/mol. The predicted octanol–water partition coefficient (Wildman–Crippen LogP) is 0.708. The van der Waals surface area contributed by atoms with Gasteiger partial charge >= 0.3 is 28.2 Å². The Labute approximate surface area is 29.1 Å². The van der Waals surface area contributed by atoms with Crippen molar-refractivity contribution in [1.29, 1.82) is 0 Å². The Kier molecular flexibility index (Phi) is 3.59. The summed E-state index contributed by atoms with van der Waals surface area (Å²) in [6, 6.07) is 0. The molecule has 0 spiro atoms. The summed E-state index contributed by atoms with van der Waals surface area (Å²) in [7, 11) is 1.08. The first-order valence-electron chi connectivity index (χ1n) is 0.654. The second-order valence-electron chi connectivity index (χ2n) is 0.204. The summed E-state index contributed by atoms with van der Waals surface area (Å²) in [6.45, 7) is 0. The standard InChI is InChI=1S/CH2OPS/c1-4-3-2/h1H2/q+1. The molecule has 0 aliphatic rings. The second kappa shape index (κ2) is 3.32. The van der Waals surface area contributed by atoms with Crippen molar-refractivity contribution in [1.82, 2.24) is 0 Å². The molecule has 0 aromatic rings. The minimum atomic E-state index is 0.0540. The average Bonchev–Trinajstić information content (AvgIpc) is 1.37. The number of rotatable bonds is 0. The van der Waals surface area contributed by atoms with Crippen LogP contribution in [0.2, 0.25) is 0 Å². The van der Waals surface area contributed by atoms with Crippen LogP contribution in [0.15, 0.2) is 0 Å². The van der Waals surface area contributed by atoms with Crippen LogP contribution >= 0.6 is 7.24 Å². The molecule has 0 atom stereocenters. The topological polar surface area (TPSA) is 17.1 Å². The fourth-order valence-electron chi connectivity index (χ4n) is 0. The van der Waals surface area contributed by atoms with E-state index in [1.165, 1.54) is 0 Å². The Morgan fingerprint density at radius 1 is 2.00 bits per heavy atom. The van der Waals surface area contributed by atoms with Gasteiger partial charge in [-0.25, -0.2) is 0 Å². The monoisotopic (exact) mass is 93.0 g/mol. The van der Waals surface area contributed by atoms with Crippen LogP contribution < -0.4 is 0 Å². The van der Waals surface area contributed by atoms with E-state index in [0.717, 1.165) is 10.5 Å². The summed E-state index contributed by atoms with van der Waals surface area (Å²) < 4.78 is 9.17. The first kappa shape index (κ1) is 4.32. The van der Waals surface area contributed by atoms with Crippen molar-refractivity contribution in [2.24, 2.45) is 0 Å². The molecule has 0 aromatic heterocycles. The van der Waals surface area contributed by atoms with E-state index in [0.29, 0.717) is 0 Å². The molecular weight excluding hydrogens is 91.1 g/mol. The first-order valence-corrected chi connectivity index (χ1v) is 3.06.